The van der Waals surface area contributed by atoms with Crippen molar-refractivity contribution in [2.45, 2.75) is 32.2 Å². The SMILES string of the molecule is CC(c1cc(-c2ccccc2)n[nH]1)N(C)C(=O)NCCC1CCN(C)CC1. The van der Waals surface area contributed by atoms with E-state index < -0.39 is 0 Å². The zero-order valence-electron chi connectivity index (χ0n) is 16.6. The highest BCUT2D eigenvalue weighted by atomic mass is 16.2. The molecule has 2 heterocycles. The monoisotopic (exact) mass is 369 g/mol. The molecule has 1 saturated heterocycles. The number of aromatic nitrogens is 2. The summed E-state index contributed by atoms with van der Waals surface area (Å²) < 4.78 is 0. The molecule has 27 heavy (non-hydrogen) atoms. The Morgan fingerprint density at radius 1 is 1.33 bits per heavy atom. The predicted octanol–water partition coefficient (Wildman–Crippen LogP) is 3.51. The second-order valence-electron chi connectivity index (χ2n) is 7.63. The first-order valence-corrected chi connectivity index (χ1v) is 9.84. The van der Waals surface area contributed by atoms with Crippen LogP contribution in [-0.2, 0) is 0 Å². The Hall–Kier alpha value is -2.34. The Morgan fingerprint density at radius 2 is 2.04 bits per heavy atom. The zero-order chi connectivity index (χ0) is 19.2. The summed E-state index contributed by atoms with van der Waals surface area (Å²) in [6.07, 6.45) is 3.52. The molecule has 1 unspecified atom stereocenters. The fourth-order valence-corrected chi connectivity index (χ4v) is 3.55. The number of benzene rings is 1. The van der Waals surface area contributed by atoms with E-state index >= 15 is 0 Å². The van der Waals surface area contributed by atoms with E-state index in [9.17, 15) is 4.79 Å². The lowest BCUT2D eigenvalue weighted by molar-refractivity contribution is 0.188. The molecule has 0 aliphatic carbocycles. The summed E-state index contributed by atoms with van der Waals surface area (Å²) in [7, 11) is 4.01. The highest BCUT2D eigenvalue weighted by Gasteiger charge is 2.21. The molecular formula is C21H31N5O. The maximum atomic E-state index is 12.5. The largest absolute Gasteiger partial charge is 0.338 e. The number of nitrogens with one attached hydrogen (secondary N) is 2. The Kier molecular flexibility index (Phi) is 6.50. The van der Waals surface area contributed by atoms with Crippen LogP contribution in [0.5, 0.6) is 0 Å². The van der Waals surface area contributed by atoms with Gasteiger partial charge in [-0.05, 0) is 58.3 Å². The van der Waals surface area contributed by atoms with Crippen LogP contribution >= 0.6 is 0 Å². The number of rotatable bonds is 6. The molecule has 1 aromatic heterocycles. The third kappa shape index (κ3) is 5.10. The molecule has 0 spiro atoms. The van der Waals surface area contributed by atoms with Gasteiger partial charge >= 0.3 is 6.03 Å². The molecule has 6 nitrogen and oxygen atoms in total. The molecule has 1 atom stereocenters. The number of hydrogen-bond acceptors (Lipinski definition) is 3. The van der Waals surface area contributed by atoms with Gasteiger partial charge in [0.1, 0.15) is 0 Å². The summed E-state index contributed by atoms with van der Waals surface area (Å²) >= 11 is 0. The summed E-state index contributed by atoms with van der Waals surface area (Å²) in [5, 5.41) is 10.5. The van der Waals surface area contributed by atoms with E-state index in [0.717, 1.165) is 35.8 Å². The molecule has 0 bridgehead atoms. The standard InChI is InChI=1S/C21H31N5O/c1-16(19-15-20(24-23-19)18-7-5-4-6-8-18)26(3)21(27)22-12-9-17-10-13-25(2)14-11-17/h4-8,15-17H,9-14H2,1-3H3,(H,22,27)(H,23,24). The van der Waals surface area contributed by atoms with Gasteiger partial charge in [-0.25, -0.2) is 4.79 Å². The van der Waals surface area contributed by atoms with Gasteiger partial charge in [-0.2, -0.15) is 5.10 Å². The molecule has 6 heteroatoms. The minimum absolute atomic E-state index is 0.0358. The van der Waals surface area contributed by atoms with Gasteiger partial charge in [-0.3, -0.25) is 5.10 Å². The van der Waals surface area contributed by atoms with Gasteiger partial charge in [0.05, 0.1) is 17.4 Å². The van der Waals surface area contributed by atoms with Crippen molar-refractivity contribution in [3.05, 3.63) is 42.1 Å². The first kappa shape index (κ1) is 19.4. The number of carbonyl (C=O) groups is 1. The second kappa shape index (κ2) is 9.04. The first-order valence-electron chi connectivity index (χ1n) is 9.84. The number of nitrogens with zero attached hydrogens (tertiary/aromatic N) is 3. The molecule has 2 amide bonds. The molecule has 0 saturated carbocycles. The van der Waals surface area contributed by atoms with Crippen LogP contribution in [0.25, 0.3) is 11.3 Å². The van der Waals surface area contributed by atoms with Crippen molar-refractivity contribution in [1.82, 2.24) is 25.3 Å². The van der Waals surface area contributed by atoms with E-state index in [4.69, 9.17) is 0 Å². The number of urea groups is 1. The van der Waals surface area contributed by atoms with E-state index in [0.29, 0.717) is 0 Å². The van der Waals surface area contributed by atoms with Gasteiger partial charge < -0.3 is 15.1 Å². The van der Waals surface area contributed by atoms with Crippen molar-refractivity contribution >= 4 is 6.03 Å². The highest BCUT2D eigenvalue weighted by molar-refractivity contribution is 5.74. The summed E-state index contributed by atoms with van der Waals surface area (Å²) in [6, 6.07) is 12.0. The Labute approximate surface area is 161 Å². The molecule has 1 fully saturated rings. The zero-order valence-corrected chi connectivity index (χ0v) is 16.6. The van der Waals surface area contributed by atoms with Crippen LogP contribution in [0.2, 0.25) is 0 Å². The molecular weight excluding hydrogens is 338 g/mol. The fourth-order valence-electron chi connectivity index (χ4n) is 3.55. The number of likely N-dealkylation sites (tertiary alicyclic amines) is 1. The molecule has 1 aliphatic heterocycles. The van der Waals surface area contributed by atoms with Crippen LogP contribution in [0.15, 0.2) is 36.4 Å². The topological polar surface area (TPSA) is 64.3 Å². The van der Waals surface area contributed by atoms with Crippen LogP contribution in [0.3, 0.4) is 0 Å². The molecule has 0 radical (unpaired) electrons. The number of hydrogen-bond donors (Lipinski definition) is 2. The maximum absolute atomic E-state index is 12.5. The van der Waals surface area contributed by atoms with Crippen molar-refractivity contribution < 1.29 is 4.79 Å². The van der Waals surface area contributed by atoms with Gasteiger partial charge in [0.15, 0.2) is 0 Å². The Balaban J connectivity index is 1.48. The van der Waals surface area contributed by atoms with Gasteiger partial charge in [0.25, 0.3) is 0 Å². The van der Waals surface area contributed by atoms with Crippen LogP contribution in [0, 0.1) is 5.92 Å². The van der Waals surface area contributed by atoms with Crippen molar-refractivity contribution in [2.75, 3.05) is 33.7 Å². The second-order valence-corrected chi connectivity index (χ2v) is 7.63. The van der Waals surface area contributed by atoms with E-state index in [1.165, 1.54) is 25.9 Å². The van der Waals surface area contributed by atoms with Crippen LogP contribution in [0.1, 0.15) is 37.9 Å². The first-order chi connectivity index (χ1) is 13.0. The lowest BCUT2D eigenvalue weighted by Crippen LogP contribution is -2.40. The quantitative estimate of drug-likeness (QED) is 0.819. The third-order valence-corrected chi connectivity index (χ3v) is 5.69. The average molecular weight is 370 g/mol. The molecule has 1 aromatic carbocycles. The van der Waals surface area contributed by atoms with Gasteiger partial charge in [0.2, 0.25) is 0 Å². The summed E-state index contributed by atoms with van der Waals surface area (Å²) in [6.45, 7) is 5.08. The number of aromatic amines is 1. The molecule has 1 aliphatic rings. The number of carbonyl (C=O) groups excluding carboxylic acids is 1. The van der Waals surface area contributed by atoms with Gasteiger partial charge in [-0.15, -0.1) is 0 Å². The summed E-state index contributed by atoms with van der Waals surface area (Å²) in [5.41, 5.74) is 2.90. The predicted molar refractivity (Wildman–Crippen MR) is 108 cm³/mol. The number of piperidine rings is 1. The summed E-state index contributed by atoms with van der Waals surface area (Å²) in [5.74, 6) is 0.727. The normalized spacial score (nSPS) is 16.9. The lowest BCUT2D eigenvalue weighted by atomic mass is 9.94. The number of H-pyrrole nitrogens is 1. The Morgan fingerprint density at radius 3 is 2.74 bits per heavy atom. The van der Waals surface area contributed by atoms with Crippen molar-refractivity contribution in [3.8, 4) is 11.3 Å². The van der Waals surface area contributed by atoms with Gasteiger partial charge in [0, 0.05) is 19.2 Å². The fraction of sp³-hybridized carbons (Fsp3) is 0.524. The van der Waals surface area contributed by atoms with Crippen molar-refractivity contribution in [3.63, 3.8) is 0 Å². The smallest absolute Gasteiger partial charge is 0.317 e. The minimum Gasteiger partial charge on any atom is -0.338 e. The lowest BCUT2D eigenvalue weighted by Gasteiger charge is -2.29. The molecule has 146 valence electrons. The van der Waals surface area contributed by atoms with E-state index in [1.54, 1.807) is 4.90 Å². The number of amides is 2. The van der Waals surface area contributed by atoms with Crippen LogP contribution in [-0.4, -0.2) is 59.8 Å². The van der Waals surface area contributed by atoms with Gasteiger partial charge in [-0.1, -0.05) is 30.3 Å². The highest BCUT2D eigenvalue weighted by Crippen LogP contribution is 2.23. The molecule has 2 N–H and O–H groups in total. The van der Waals surface area contributed by atoms with E-state index in [2.05, 4.69) is 27.5 Å². The van der Waals surface area contributed by atoms with E-state index in [1.807, 2.05) is 50.4 Å². The van der Waals surface area contributed by atoms with Crippen LogP contribution < -0.4 is 5.32 Å². The van der Waals surface area contributed by atoms with Crippen molar-refractivity contribution in [1.29, 1.82) is 0 Å². The molecule has 2 aromatic rings. The van der Waals surface area contributed by atoms with Crippen LogP contribution in [0.4, 0.5) is 4.79 Å². The minimum atomic E-state index is -0.0710. The summed E-state index contributed by atoms with van der Waals surface area (Å²) in [4.78, 5) is 16.6. The Bertz CT molecular complexity index is 721. The van der Waals surface area contributed by atoms with Crippen molar-refractivity contribution in [2.24, 2.45) is 5.92 Å². The molecule has 3 rings (SSSR count). The maximum Gasteiger partial charge on any atom is 0.317 e. The average Bonchev–Trinajstić information content (AvgIpc) is 3.19. The van der Waals surface area contributed by atoms with E-state index in [-0.39, 0.29) is 12.1 Å². The third-order valence-electron chi connectivity index (χ3n) is 5.69.